The minimum Gasteiger partial charge on any atom is -0.385 e. The molecule has 1 aliphatic rings. The minimum absolute atomic E-state index is 0.0690. The lowest BCUT2D eigenvalue weighted by atomic mass is 9.88. The largest absolute Gasteiger partial charge is 0.385 e. The van der Waals surface area contributed by atoms with E-state index < -0.39 is 15.4 Å². The molecule has 0 bridgehead atoms. The van der Waals surface area contributed by atoms with Crippen molar-refractivity contribution in [1.82, 2.24) is 0 Å². The van der Waals surface area contributed by atoms with E-state index in [0.29, 0.717) is 0 Å². The van der Waals surface area contributed by atoms with E-state index in [0.717, 1.165) is 10.0 Å². The second kappa shape index (κ2) is 4.13. The van der Waals surface area contributed by atoms with Crippen LogP contribution in [0.3, 0.4) is 0 Å². The number of rotatable bonds is 1. The summed E-state index contributed by atoms with van der Waals surface area (Å²) in [6, 6.07) is 7.39. The lowest BCUT2D eigenvalue weighted by Crippen LogP contribution is -2.36. The van der Waals surface area contributed by atoms with Crippen molar-refractivity contribution in [2.45, 2.75) is 18.4 Å². The van der Waals surface area contributed by atoms with E-state index in [2.05, 4.69) is 15.9 Å². The maximum absolute atomic E-state index is 11.3. The molecule has 1 N–H and O–H groups in total. The van der Waals surface area contributed by atoms with Crippen LogP contribution < -0.4 is 0 Å². The van der Waals surface area contributed by atoms with E-state index in [4.69, 9.17) is 0 Å². The van der Waals surface area contributed by atoms with E-state index >= 15 is 0 Å². The standard InChI is InChI=1S/C11H13BrO3S/c12-10-3-1-9(2-4-10)11(13)5-7-16(14,15)8-6-11/h1-4,13H,5-8H2. The highest BCUT2D eigenvalue weighted by Gasteiger charge is 2.36. The molecule has 2 rings (SSSR count). The van der Waals surface area contributed by atoms with Crippen LogP contribution in [0.1, 0.15) is 18.4 Å². The number of hydrogen-bond donors (Lipinski definition) is 1. The number of benzene rings is 1. The Kier molecular flexibility index (Phi) is 3.11. The zero-order valence-corrected chi connectivity index (χ0v) is 11.1. The van der Waals surface area contributed by atoms with Crippen molar-refractivity contribution in [3.63, 3.8) is 0 Å². The van der Waals surface area contributed by atoms with Gasteiger partial charge in [0, 0.05) is 4.47 Å². The van der Waals surface area contributed by atoms with Crippen molar-refractivity contribution in [2.75, 3.05) is 11.5 Å². The monoisotopic (exact) mass is 304 g/mol. The summed E-state index contributed by atoms with van der Waals surface area (Å²) in [5.41, 5.74) is -0.183. The van der Waals surface area contributed by atoms with Gasteiger partial charge in [-0.05, 0) is 30.5 Å². The molecule has 16 heavy (non-hydrogen) atoms. The molecule has 1 aromatic rings. The molecule has 5 heteroatoms. The fourth-order valence-electron chi connectivity index (χ4n) is 1.92. The molecule has 88 valence electrons. The fourth-order valence-corrected chi connectivity index (χ4v) is 3.69. The Bertz CT molecular complexity index is 464. The van der Waals surface area contributed by atoms with Gasteiger partial charge < -0.3 is 5.11 Å². The molecule has 0 amide bonds. The molecule has 1 saturated heterocycles. The summed E-state index contributed by atoms with van der Waals surface area (Å²) in [4.78, 5) is 0. The highest BCUT2D eigenvalue weighted by Crippen LogP contribution is 2.34. The SMILES string of the molecule is O=S1(=O)CCC(O)(c2ccc(Br)cc2)CC1. The zero-order valence-electron chi connectivity index (χ0n) is 8.69. The third kappa shape index (κ3) is 2.47. The van der Waals surface area contributed by atoms with Crippen LogP contribution in [0.25, 0.3) is 0 Å². The first-order valence-electron chi connectivity index (χ1n) is 5.10. The van der Waals surface area contributed by atoms with Gasteiger partial charge in [-0.15, -0.1) is 0 Å². The van der Waals surface area contributed by atoms with Crippen LogP contribution in [0.15, 0.2) is 28.7 Å². The van der Waals surface area contributed by atoms with Gasteiger partial charge in [0.1, 0.15) is 0 Å². The molecule has 0 aromatic heterocycles. The summed E-state index contributed by atoms with van der Waals surface area (Å²) >= 11 is 3.33. The van der Waals surface area contributed by atoms with E-state index in [1.54, 1.807) is 0 Å². The van der Waals surface area contributed by atoms with Gasteiger partial charge in [0.25, 0.3) is 0 Å². The Balaban J connectivity index is 2.24. The van der Waals surface area contributed by atoms with Crippen LogP contribution in [0.4, 0.5) is 0 Å². The Morgan fingerprint density at radius 3 is 2.12 bits per heavy atom. The lowest BCUT2D eigenvalue weighted by Gasteiger charge is -2.32. The first kappa shape index (κ1) is 12.1. The van der Waals surface area contributed by atoms with Crippen LogP contribution >= 0.6 is 15.9 Å². The summed E-state index contributed by atoms with van der Waals surface area (Å²) in [5.74, 6) is 0.138. The number of hydrogen-bond acceptors (Lipinski definition) is 3. The molecule has 0 unspecified atom stereocenters. The molecule has 1 aliphatic heterocycles. The molecule has 1 heterocycles. The van der Waals surface area contributed by atoms with Crippen LogP contribution in [0.2, 0.25) is 0 Å². The van der Waals surface area contributed by atoms with Crippen LogP contribution in [0.5, 0.6) is 0 Å². The Morgan fingerprint density at radius 2 is 1.62 bits per heavy atom. The summed E-state index contributed by atoms with van der Waals surface area (Å²) in [7, 11) is -2.94. The predicted molar refractivity (Wildman–Crippen MR) is 65.9 cm³/mol. The van der Waals surface area contributed by atoms with Crippen molar-refractivity contribution in [2.24, 2.45) is 0 Å². The highest BCUT2D eigenvalue weighted by molar-refractivity contribution is 9.10. The maximum atomic E-state index is 11.3. The molecule has 0 spiro atoms. The predicted octanol–water partition coefficient (Wildman–Crippen LogP) is 1.85. The summed E-state index contributed by atoms with van der Waals surface area (Å²) in [6.45, 7) is 0. The number of aliphatic hydroxyl groups is 1. The van der Waals surface area contributed by atoms with Gasteiger partial charge in [-0.25, -0.2) is 8.42 Å². The maximum Gasteiger partial charge on any atom is 0.150 e. The van der Waals surface area contributed by atoms with Crippen molar-refractivity contribution in [3.05, 3.63) is 34.3 Å². The molecule has 0 atom stereocenters. The van der Waals surface area contributed by atoms with Gasteiger partial charge in [-0.1, -0.05) is 28.1 Å². The Morgan fingerprint density at radius 1 is 1.12 bits per heavy atom. The van der Waals surface area contributed by atoms with E-state index in [1.165, 1.54) is 0 Å². The Labute approximate surface area is 104 Å². The Hall–Kier alpha value is -0.390. The van der Waals surface area contributed by atoms with Crippen LogP contribution in [-0.2, 0) is 15.4 Å². The quantitative estimate of drug-likeness (QED) is 0.861. The van der Waals surface area contributed by atoms with Gasteiger partial charge in [0.15, 0.2) is 9.84 Å². The molecule has 3 nitrogen and oxygen atoms in total. The van der Waals surface area contributed by atoms with Gasteiger partial charge in [0.05, 0.1) is 17.1 Å². The van der Waals surface area contributed by atoms with Gasteiger partial charge in [0.2, 0.25) is 0 Å². The van der Waals surface area contributed by atoms with Gasteiger partial charge >= 0.3 is 0 Å². The third-order valence-electron chi connectivity index (χ3n) is 3.03. The van der Waals surface area contributed by atoms with E-state index in [1.807, 2.05) is 24.3 Å². The van der Waals surface area contributed by atoms with E-state index in [-0.39, 0.29) is 24.3 Å². The molecular weight excluding hydrogens is 292 g/mol. The number of sulfone groups is 1. The molecule has 0 radical (unpaired) electrons. The van der Waals surface area contributed by atoms with Crippen molar-refractivity contribution < 1.29 is 13.5 Å². The smallest absolute Gasteiger partial charge is 0.150 e. The van der Waals surface area contributed by atoms with Crippen LogP contribution in [0, 0.1) is 0 Å². The highest BCUT2D eigenvalue weighted by atomic mass is 79.9. The van der Waals surface area contributed by atoms with Crippen LogP contribution in [-0.4, -0.2) is 25.0 Å². The average molecular weight is 305 g/mol. The zero-order chi connectivity index (χ0) is 11.8. The van der Waals surface area contributed by atoms with Crippen molar-refractivity contribution in [1.29, 1.82) is 0 Å². The molecule has 0 saturated carbocycles. The first-order chi connectivity index (χ1) is 7.41. The van der Waals surface area contributed by atoms with Gasteiger partial charge in [-0.2, -0.15) is 0 Å². The van der Waals surface area contributed by atoms with E-state index in [9.17, 15) is 13.5 Å². The molecule has 1 fully saturated rings. The minimum atomic E-state index is -2.94. The van der Waals surface area contributed by atoms with Crippen molar-refractivity contribution >= 4 is 25.8 Å². The summed E-state index contributed by atoms with van der Waals surface area (Å²) in [5, 5.41) is 10.4. The normalized spacial score (nSPS) is 22.9. The summed E-state index contributed by atoms with van der Waals surface area (Å²) < 4.78 is 23.6. The molecule has 1 aromatic carbocycles. The average Bonchev–Trinajstić information content (AvgIpc) is 2.24. The second-order valence-corrected chi connectivity index (χ2v) is 7.41. The van der Waals surface area contributed by atoms with Crippen molar-refractivity contribution in [3.8, 4) is 0 Å². The topological polar surface area (TPSA) is 54.4 Å². The first-order valence-corrected chi connectivity index (χ1v) is 7.72. The molecule has 0 aliphatic carbocycles. The third-order valence-corrected chi connectivity index (χ3v) is 5.22. The summed E-state index contributed by atoms with van der Waals surface area (Å²) in [6.07, 6.45) is 0.577. The second-order valence-electron chi connectivity index (χ2n) is 4.19. The number of halogens is 1. The fraction of sp³-hybridized carbons (Fsp3) is 0.455. The molecular formula is C11H13BrO3S. The van der Waals surface area contributed by atoms with Gasteiger partial charge in [-0.3, -0.25) is 0 Å². The lowest BCUT2D eigenvalue weighted by molar-refractivity contribution is 0.0263.